The van der Waals surface area contributed by atoms with E-state index in [0.29, 0.717) is 17.4 Å². The number of hydrogen-bond donors (Lipinski definition) is 2. The van der Waals surface area contributed by atoms with Crippen LogP contribution in [-0.4, -0.2) is 31.6 Å². The molecule has 0 unspecified atom stereocenters. The molecule has 7 heteroatoms. The maximum absolute atomic E-state index is 12.3. The Kier molecular flexibility index (Phi) is 5.41. The molecule has 0 saturated heterocycles. The van der Waals surface area contributed by atoms with Crippen molar-refractivity contribution < 1.29 is 4.79 Å². The number of carbonyl (C=O) groups excluding carboxylic acids is 1. The summed E-state index contributed by atoms with van der Waals surface area (Å²) in [5.74, 6) is 6.82. The Hall–Kier alpha value is -2.54. The van der Waals surface area contributed by atoms with E-state index >= 15 is 0 Å². The van der Waals surface area contributed by atoms with Crippen LogP contribution in [0.2, 0.25) is 0 Å². The van der Waals surface area contributed by atoms with E-state index < -0.39 is 0 Å². The number of rotatable bonds is 5. The largest absolute Gasteiger partial charge is 0.351 e. The second-order valence-corrected chi connectivity index (χ2v) is 8.89. The number of nitrogens with one attached hydrogen (secondary N) is 1. The van der Waals surface area contributed by atoms with Gasteiger partial charge in [0.05, 0.1) is 5.25 Å². The normalized spacial score (nSPS) is 12.9. The summed E-state index contributed by atoms with van der Waals surface area (Å²) < 4.78 is 1.48. The zero-order chi connectivity index (χ0) is 19.6. The summed E-state index contributed by atoms with van der Waals surface area (Å²) in [5, 5.41) is 14.0. The summed E-state index contributed by atoms with van der Waals surface area (Å²) in [5.41, 5.74) is 0.865. The first-order valence-corrected chi connectivity index (χ1v) is 9.77. The molecule has 0 aliphatic rings. The van der Waals surface area contributed by atoms with Gasteiger partial charge in [0.1, 0.15) is 0 Å². The van der Waals surface area contributed by atoms with Crippen LogP contribution in [0.1, 0.15) is 39.1 Å². The number of amides is 1. The molecule has 1 aromatic heterocycles. The molecule has 1 amide bonds. The number of nitrogens with zero attached hydrogens (tertiary/aromatic N) is 3. The average Bonchev–Trinajstić information content (AvgIpc) is 2.94. The van der Waals surface area contributed by atoms with Crippen LogP contribution in [0.4, 0.5) is 0 Å². The first kappa shape index (κ1) is 19.2. The van der Waals surface area contributed by atoms with Crippen molar-refractivity contribution in [3.05, 3.63) is 53.9 Å². The van der Waals surface area contributed by atoms with E-state index in [1.54, 1.807) is 0 Å². The van der Waals surface area contributed by atoms with E-state index in [0.717, 1.165) is 5.56 Å². The minimum absolute atomic E-state index is 0.0499. The van der Waals surface area contributed by atoms with Crippen molar-refractivity contribution in [3.8, 4) is 0 Å². The van der Waals surface area contributed by atoms with Gasteiger partial charge in [0.15, 0.2) is 5.82 Å². The van der Waals surface area contributed by atoms with Gasteiger partial charge in [-0.2, -0.15) is 0 Å². The van der Waals surface area contributed by atoms with Crippen LogP contribution in [0.15, 0.2) is 47.6 Å². The lowest BCUT2D eigenvalue weighted by Gasteiger charge is -2.22. The summed E-state index contributed by atoms with van der Waals surface area (Å²) in [7, 11) is 0. The molecular formula is C20H25N5OS. The molecule has 0 aliphatic heterocycles. The highest BCUT2D eigenvalue weighted by atomic mass is 32.2. The Morgan fingerprint density at radius 3 is 2.63 bits per heavy atom. The van der Waals surface area contributed by atoms with Crippen molar-refractivity contribution in [2.75, 3.05) is 5.84 Å². The van der Waals surface area contributed by atoms with E-state index in [4.69, 9.17) is 5.84 Å². The van der Waals surface area contributed by atoms with Gasteiger partial charge < -0.3 is 11.2 Å². The molecule has 3 N–H and O–H groups in total. The van der Waals surface area contributed by atoms with Crippen LogP contribution < -0.4 is 11.2 Å². The van der Waals surface area contributed by atoms with Gasteiger partial charge in [-0.05, 0) is 44.0 Å². The maximum atomic E-state index is 12.3. The first-order valence-electron chi connectivity index (χ1n) is 8.89. The molecular weight excluding hydrogens is 358 g/mol. The van der Waals surface area contributed by atoms with Gasteiger partial charge in [0.25, 0.3) is 0 Å². The van der Waals surface area contributed by atoms with E-state index in [2.05, 4.69) is 39.8 Å². The SMILES string of the molecule is C[C@H](Sc1nnc(Cc2cccc3ccccc23)n1N)C(=O)NC(C)(C)C. The van der Waals surface area contributed by atoms with Crippen LogP contribution in [0, 0.1) is 0 Å². The lowest BCUT2D eigenvalue weighted by molar-refractivity contribution is -0.121. The fourth-order valence-electron chi connectivity index (χ4n) is 2.81. The van der Waals surface area contributed by atoms with E-state index in [9.17, 15) is 4.79 Å². The van der Waals surface area contributed by atoms with Gasteiger partial charge in [-0.3, -0.25) is 4.79 Å². The highest BCUT2D eigenvalue weighted by Crippen LogP contribution is 2.24. The quantitative estimate of drug-likeness (QED) is 0.522. The van der Waals surface area contributed by atoms with Gasteiger partial charge in [-0.25, -0.2) is 4.68 Å². The van der Waals surface area contributed by atoms with Gasteiger partial charge >= 0.3 is 0 Å². The van der Waals surface area contributed by atoms with Crippen molar-refractivity contribution in [2.45, 2.75) is 50.1 Å². The second-order valence-electron chi connectivity index (χ2n) is 7.58. The summed E-state index contributed by atoms with van der Waals surface area (Å²) in [4.78, 5) is 12.3. The molecule has 142 valence electrons. The second kappa shape index (κ2) is 7.60. The number of carbonyl (C=O) groups is 1. The highest BCUT2D eigenvalue weighted by Gasteiger charge is 2.23. The van der Waals surface area contributed by atoms with Crippen LogP contribution in [0.3, 0.4) is 0 Å². The number of nitrogen functional groups attached to an aromatic ring is 1. The third-order valence-corrected chi connectivity index (χ3v) is 5.17. The minimum Gasteiger partial charge on any atom is -0.351 e. The van der Waals surface area contributed by atoms with E-state index in [1.165, 1.54) is 27.2 Å². The lowest BCUT2D eigenvalue weighted by atomic mass is 10.0. The summed E-state index contributed by atoms with van der Waals surface area (Å²) >= 11 is 1.31. The summed E-state index contributed by atoms with van der Waals surface area (Å²) in [6, 6.07) is 14.4. The molecule has 3 aromatic rings. The van der Waals surface area contributed by atoms with Crippen molar-refractivity contribution >= 4 is 28.4 Å². The Morgan fingerprint density at radius 1 is 1.19 bits per heavy atom. The molecule has 2 aromatic carbocycles. The summed E-state index contributed by atoms with van der Waals surface area (Å²) in [6.07, 6.45) is 0.577. The van der Waals surface area contributed by atoms with Crippen molar-refractivity contribution in [1.29, 1.82) is 0 Å². The van der Waals surface area contributed by atoms with E-state index in [1.807, 2.05) is 45.9 Å². The Morgan fingerprint density at radius 2 is 1.89 bits per heavy atom. The predicted octanol–water partition coefficient (Wildman–Crippen LogP) is 3.13. The smallest absolute Gasteiger partial charge is 0.233 e. The first-order chi connectivity index (χ1) is 12.7. The van der Waals surface area contributed by atoms with Gasteiger partial charge in [-0.15, -0.1) is 10.2 Å². The van der Waals surface area contributed by atoms with Crippen LogP contribution in [0.5, 0.6) is 0 Å². The number of nitrogens with two attached hydrogens (primary N) is 1. The maximum Gasteiger partial charge on any atom is 0.233 e. The van der Waals surface area contributed by atoms with Crippen LogP contribution in [0.25, 0.3) is 10.8 Å². The zero-order valence-electron chi connectivity index (χ0n) is 16.1. The minimum atomic E-state index is -0.318. The predicted molar refractivity (Wildman–Crippen MR) is 110 cm³/mol. The molecule has 0 bridgehead atoms. The molecule has 0 spiro atoms. The Balaban J connectivity index is 1.76. The number of aromatic nitrogens is 3. The Bertz CT molecular complexity index is 955. The molecule has 0 saturated carbocycles. The van der Waals surface area contributed by atoms with Gasteiger partial charge in [0, 0.05) is 12.0 Å². The zero-order valence-corrected chi connectivity index (χ0v) is 16.9. The van der Waals surface area contributed by atoms with Crippen LogP contribution >= 0.6 is 11.8 Å². The molecule has 1 heterocycles. The molecule has 0 radical (unpaired) electrons. The number of hydrogen-bond acceptors (Lipinski definition) is 5. The summed E-state index contributed by atoms with van der Waals surface area (Å²) in [6.45, 7) is 7.70. The third kappa shape index (κ3) is 4.60. The fourth-order valence-corrected chi connectivity index (χ4v) is 3.60. The van der Waals surface area contributed by atoms with Crippen molar-refractivity contribution in [1.82, 2.24) is 20.2 Å². The third-order valence-electron chi connectivity index (χ3n) is 4.11. The number of benzene rings is 2. The van der Waals surface area contributed by atoms with Gasteiger partial charge in [0.2, 0.25) is 11.1 Å². The van der Waals surface area contributed by atoms with Crippen molar-refractivity contribution in [3.63, 3.8) is 0 Å². The fraction of sp³-hybridized carbons (Fsp3) is 0.350. The van der Waals surface area contributed by atoms with Crippen LogP contribution in [-0.2, 0) is 11.2 Å². The molecule has 0 aliphatic carbocycles. The lowest BCUT2D eigenvalue weighted by Crippen LogP contribution is -2.44. The van der Waals surface area contributed by atoms with E-state index in [-0.39, 0.29) is 16.7 Å². The molecule has 0 fully saturated rings. The monoisotopic (exact) mass is 383 g/mol. The molecule has 27 heavy (non-hydrogen) atoms. The molecule has 1 atom stereocenters. The van der Waals surface area contributed by atoms with Gasteiger partial charge in [-0.1, -0.05) is 54.2 Å². The Labute approximate surface area is 163 Å². The highest BCUT2D eigenvalue weighted by molar-refractivity contribution is 8.00. The molecule has 6 nitrogen and oxygen atoms in total. The van der Waals surface area contributed by atoms with Crippen molar-refractivity contribution in [2.24, 2.45) is 0 Å². The molecule has 3 rings (SSSR count). The average molecular weight is 384 g/mol. The standard InChI is InChI=1S/C20H25N5OS/c1-13(18(26)22-20(2,3)4)27-19-24-23-17(25(19)21)12-15-10-7-9-14-8-5-6-11-16(14)15/h5-11,13H,12,21H2,1-4H3,(H,22,26)/t13-/m0/s1. The number of thioether (sulfide) groups is 1. The topological polar surface area (TPSA) is 85.8 Å². The number of fused-ring (bicyclic) bond motifs is 1.